The average molecular weight is 393 g/mol. The van der Waals surface area contributed by atoms with Crippen LogP contribution in [0.2, 0.25) is 0 Å². The first kappa shape index (κ1) is 19.4. The van der Waals surface area contributed by atoms with E-state index in [-0.39, 0.29) is 24.3 Å². The summed E-state index contributed by atoms with van der Waals surface area (Å²) in [6.07, 6.45) is 7.10. The molecule has 1 fully saturated rings. The number of hydrogen-bond donors (Lipinski definition) is 2. The quantitative estimate of drug-likeness (QED) is 0.761. The number of carbonyl (C=O) groups excluding carboxylic acids is 2. The van der Waals surface area contributed by atoms with Crippen LogP contribution in [0.4, 0.5) is 0 Å². The molecular formula is C23H27N3O3. The van der Waals surface area contributed by atoms with Crippen LogP contribution in [-0.2, 0) is 17.6 Å². The Kier molecular flexibility index (Phi) is 5.79. The van der Waals surface area contributed by atoms with E-state index in [1.165, 1.54) is 0 Å². The van der Waals surface area contributed by atoms with E-state index in [2.05, 4.69) is 15.8 Å². The number of hydrazone groups is 1. The van der Waals surface area contributed by atoms with Crippen LogP contribution in [0.5, 0.6) is 0 Å². The second-order valence-electron chi connectivity index (χ2n) is 7.92. The maximum absolute atomic E-state index is 12.7. The third kappa shape index (κ3) is 4.42. The first-order valence-corrected chi connectivity index (χ1v) is 10.4. The highest BCUT2D eigenvalue weighted by Crippen LogP contribution is 2.30. The molecule has 6 heteroatoms. The third-order valence-electron chi connectivity index (χ3n) is 5.75. The van der Waals surface area contributed by atoms with Crippen molar-refractivity contribution in [3.8, 4) is 0 Å². The molecule has 1 aromatic carbocycles. The summed E-state index contributed by atoms with van der Waals surface area (Å²) in [4.78, 5) is 25.0. The molecule has 29 heavy (non-hydrogen) atoms. The molecule has 0 atom stereocenters. The van der Waals surface area contributed by atoms with Gasteiger partial charge in [-0.15, -0.1) is 0 Å². The summed E-state index contributed by atoms with van der Waals surface area (Å²) in [6.45, 7) is 1.90. The van der Waals surface area contributed by atoms with Gasteiger partial charge in [-0.2, -0.15) is 5.10 Å². The fourth-order valence-electron chi connectivity index (χ4n) is 4.27. The molecule has 1 heterocycles. The molecule has 6 nitrogen and oxygen atoms in total. The van der Waals surface area contributed by atoms with E-state index >= 15 is 0 Å². The smallest absolute Gasteiger partial charge is 0.287 e. The van der Waals surface area contributed by atoms with Gasteiger partial charge >= 0.3 is 0 Å². The number of nitrogens with zero attached hydrogens (tertiary/aromatic N) is 1. The van der Waals surface area contributed by atoms with Crippen molar-refractivity contribution >= 4 is 17.5 Å². The predicted molar refractivity (Wildman–Crippen MR) is 111 cm³/mol. The topological polar surface area (TPSA) is 83.7 Å². The molecular weight excluding hydrogens is 366 g/mol. The van der Waals surface area contributed by atoms with Crippen molar-refractivity contribution in [1.29, 1.82) is 0 Å². The number of hydrogen-bond acceptors (Lipinski definition) is 4. The minimum atomic E-state index is -0.156. The number of aryl methyl sites for hydroxylation is 1. The average Bonchev–Trinajstić information content (AvgIpc) is 3.35. The highest BCUT2D eigenvalue weighted by atomic mass is 16.4. The molecule has 0 saturated heterocycles. The number of rotatable bonds is 5. The van der Waals surface area contributed by atoms with Crippen LogP contribution in [-0.4, -0.2) is 23.6 Å². The molecule has 152 valence electrons. The second-order valence-corrected chi connectivity index (χ2v) is 7.92. The predicted octanol–water partition coefficient (Wildman–Crippen LogP) is 3.66. The summed E-state index contributed by atoms with van der Waals surface area (Å²) in [7, 11) is 0. The normalized spacial score (nSPS) is 17.9. The highest BCUT2D eigenvalue weighted by molar-refractivity contribution is 6.06. The van der Waals surface area contributed by atoms with Gasteiger partial charge in [-0.25, -0.2) is 5.43 Å². The largest absolute Gasteiger partial charge is 0.455 e. The van der Waals surface area contributed by atoms with Gasteiger partial charge in [0.2, 0.25) is 5.91 Å². The van der Waals surface area contributed by atoms with Gasteiger partial charge < -0.3 is 9.73 Å². The van der Waals surface area contributed by atoms with Crippen molar-refractivity contribution < 1.29 is 14.0 Å². The number of fused-ring (bicyclic) bond motifs is 1. The lowest BCUT2D eigenvalue weighted by atomic mass is 9.93. The number of nitrogens with one attached hydrogen (secondary N) is 2. The summed E-state index contributed by atoms with van der Waals surface area (Å²) in [6, 6.07) is 9.83. The molecule has 2 aliphatic rings. The van der Waals surface area contributed by atoms with E-state index < -0.39 is 0 Å². The minimum absolute atomic E-state index is 0.142. The Hall–Kier alpha value is -2.89. The van der Waals surface area contributed by atoms with Gasteiger partial charge in [-0.3, -0.25) is 9.59 Å². The minimum Gasteiger partial charge on any atom is -0.455 e. The number of benzene rings is 1. The summed E-state index contributed by atoms with van der Waals surface area (Å²) in [5, 5.41) is 7.48. The molecule has 2 aliphatic carbocycles. The van der Waals surface area contributed by atoms with Crippen LogP contribution < -0.4 is 10.7 Å². The van der Waals surface area contributed by atoms with Crippen molar-refractivity contribution in [1.82, 2.24) is 10.7 Å². The van der Waals surface area contributed by atoms with Crippen molar-refractivity contribution in [3.05, 3.63) is 58.5 Å². The van der Waals surface area contributed by atoms with E-state index in [9.17, 15) is 9.59 Å². The molecule has 2 aromatic rings. The molecule has 1 saturated carbocycles. The van der Waals surface area contributed by atoms with E-state index in [1.807, 2.05) is 37.3 Å². The maximum atomic E-state index is 12.7. The number of amides is 2. The SMILES string of the molecule is Cc1c(C(=O)NC2CCCC2)oc2c1/C(=N/NC(=O)Cc1ccccc1)CCC2. The van der Waals surface area contributed by atoms with Gasteiger partial charge in [-0.1, -0.05) is 43.2 Å². The zero-order valence-corrected chi connectivity index (χ0v) is 16.8. The van der Waals surface area contributed by atoms with E-state index in [0.717, 1.165) is 73.1 Å². The molecule has 0 spiro atoms. The fraction of sp³-hybridized carbons (Fsp3) is 0.435. The van der Waals surface area contributed by atoms with Crippen LogP contribution >= 0.6 is 0 Å². The van der Waals surface area contributed by atoms with Gasteiger partial charge in [0.25, 0.3) is 5.91 Å². The molecule has 0 radical (unpaired) electrons. The van der Waals surface area contributed by atoms with Crippen LogP contribution in [0.25, 0.3) is 0 Å². The van der Waals surface area contributed by atoms with Crippen molar-refractivity contribution in [2.75, 3.05) is 0 Å². The molecule has 4 rings (SSSR count). The zero-order chi connectivity index (χ0) is 20.2. The van der Waals surface area contributed by atoms with Gasteiger partial charge in [0.15, 0.2) is 5.76 Å². The molecule has 2 N–H and O–H groups in total. The Bertz CT molecular complexity index is 924. The lowest BCUT2D eigenvalue weighted by molar-refractivity contribution is -0.120. The summed E-state index contributed by atoms with van der Waals surface area (Å²) < 4.78 is 5.94. The van der Waals surface area contributed by atoms with E-state index in [0.29, 0.717) is 5.76 Å². The molecule has 1 aromatic heterocycles. The lowest BCUT2D eigenvalue weighted by Gasteiger charge is -2.13. The van der Waals surface area contributed by atoms with E-state index in [1.54, 1.807) is 0 Å². The monoisotopic (exact) mass is 393 g/mol. The summed E-state index contributed by atoms with van der Waals surface area (Å²) in [5.41, 5.74) is 6.10. The zero-order valence-electron chi connectivity index (χ0n) is 16.8. The maximum Gasteiger partial charge on any atom is 0.287 e. The summed E-state index contributed by atoms with van der Waals surface area (Å²) >= 11 is 0. The van der Waals surface area contributed by atoms with Crippen LogP contribution in [0.3, 0.4) is 0 Å². The third-order valence-corrected chi connectivity index (χ3v) is 5.75. The number of carbonyl (C=O) groups is 2. The van der Waals surface area contributed by atoms with Gasteiger partial charge in [0, 0.05) is 23.6 Å². The first-order chi connectivity index (χ1) is 14.1. The Labute approximate surface area is 170 Å². The van der Waals surface area contributed by atoms with Crippen molar-refractivity contribution in [2.24, 2.45) is 5.10 Å². The fourth-order valence-corrected chi connectivity index (χ4v) is 4.27. The Morgan fingerprint density at radius 1 is 1.10 bits per heavy atom. The second kappa shape index (κ2) is 8.64. The van der Waals surface area contributed by atoms with Gasteiger partial charge in [0.05, 0.1) is 12.1 Å². The van der Waals surface area contributed by atoms with Crippen molar-refractivity contribution in [3.63, 3.8) is 0 Å². The van der Waals surface area contributed by atoms with E-state index in [4.69, 9.17) is 4.42 Å². The van der Waals surface area contributed by atoms with Crippen molar-refractivity contribution in [2.45, 2.75) is 64.3 Å². The molecule has 0 bridgehead atoms. The molecule has 0 unspecified atom stereocenters. The highest BCUT2D eigenvalue weighted by Gasteiger charge is 2.29. The Morgan fingerprint density at radius 3 is 2.62 bits per heavy atom. The number of furan rings is 1. The standard InChI is InChI=1S/C23H27N3O3/c1-15-21-18(25-26-20(27)14-16-8-3-2-4-9-16)12-7-13-19(21)29-22(15)23(28)24-17-10-5-6-11-17/h2-4,8-9,17H,5-7,10-14H2,1H3,(H,24,28)(H,26,27)/b25-18+. The van der Waals surface area contributed by atoms with Gasteiger partial charge in [0.1, 0.15) is 5.76 Å². The van der Waals surface area contributed by atoms with Crippen LogP contribution in [0.1, 0.15) is 71.5 Å². The lowest BCUT2D eigenvalue weighted by Crippen LogP contribution is -2.32. The first-order valence-electron chi connectivity index (χ1n) is 10.4. The Morgan fingerprint density at radius 2 is 1.86 bits per heavy atom. The van der Waals surface area contributed by atoms with Crippen LogP contribution in [0, 0.1) is 6.92 Å². The molecule has 2 amide bonds. The Balaban J connectivity index is 1.48. The summed E-state index contributed by atoms with van der Waals surface area (Å²) in [5.74, 6) is 0.876. The van der Waals surface area contributed by atoms with Crippen LogP contribution in [0.15, 0.2) is 39.9 Å². The van der Waals surface area contributed by atoms with Gasteiger partial charge in [-0.05, 0) is 38.2 Å². The molecule has 0 aliphatic heterocycles.